The number of carbonyl (C=O) groups excluding carboxylic acids is 1. The largest absolute Gasteiger partial charge is 0.392 e. The molecule has 0 saturated heterocycles. The van der Waals surface area contributed by atoms with Gasteiger partial charge in [-0.25, -0.2) is 0 Å². The van der Waals surface area contributed by atoms with Crippen LogP contribution in [0.3, 0.4) is 0 Å². The number of nitrogens with two attached hydrogens (primary N) is 1. The highest BCUT2D eigenvalue weighted by Gasteiger charge is 2.37. The summed E-state index contributed by atoms with van der Waals surface area (Å²) in [5.74, 6) is -0.0543. The molecule has 0 aromatic heterocycles. The topological polar surface area (TPSA) is 75.4 Å². The Bertz CT molecular complexity index is 477. The molecule has 0 heterocycles. The molecule has 1 fully saturated rings. The zero-order valence-electron chi connectivity index (χ0n) is 12.5. The van der Waals surface area contributed by atoms with Crippen LogP contribution < -0.4 is 11.1 Å². The minimum Gasteiger partial charge on any atom is -0.392 e. The molecule has 1 aliphatic rings. The van der Waals surface area contributed by atoms with Gasteiger partial charge in [0.1, 0.15) is 0 Å². The van der Waals surface area contributed by atoms with E-state index in [-0.39, 0.29) is 30.8 Å². The van der Waals surface area contributed by atoms with E-state index < -0.39 is 5.54 Å². The van der Waals surface area contributed by atoms with E-state index >= 15 is 0 Å². The van der Waals surface area contributed by atoms with E-state index in [1.165, 1.54) is 0 Å². The summed E-state index contributed by atoms with van der Waals surface area (Å²) in [6, 6.07) is 7.61. The van der Waals surface area contributed by atoms with Crippen LogP contribution in [0, 0.1) is 5.92 Å². The highest BCUT2D eigenvalue weighted by atomic mass is 35.5. The molecule has 118 valence electrons. The van der Waals surface area contributed by atoms with Crippen molar-refractivity contribution in [3.05, 3.63) is 35.4 Å². The molecule has 0 bridgehead atoms. The maximum Gasteiger partial charge on any atom is 0.225 e. The zero-order chi connectivity index (χ0) is 14.6. The predicted molar refractivity (Wildman–Crippen MR) is 86.0 cm³/mol. The first-order valence-electron chi connectivity index (χ1n) is 7.28. The Hall–Kier alpha value is -1.10. The van der Waals surface area contributed by atoms with Gasteiger partial charge in [0.25, 0.3) is 0 Å². The molecule has 1 saturated carbocycles. The molecule has 4 nitrogen and oxygen atoms in total. The monoisotopic (exact) mass is 312 g/mol. The molecular formula is C16H25ClN2O2. The molecule has 1 aromatic carbocycles. The molecule has 0 spiro atoms. The minimum atomic E-state index is -0.394. The third-order valence-corrected chi connectivity index (χ3v) is 4.21. The van der Waals surface area contributed by atoms with Crippen molar-refractivity contribution in [2.24, 2.45) is 11.7 Å². The second kappa shape index (κ2) is 7.78. The van der Waals surface area contributed by atoms with Crippen molar-refractivity contribution in [2.45, 2.75) is 51.3 Å². The van der Waals surface area contributed by atoms with Gasteiger partial charge >= 0.3 is 0 Å². The molecule has 5 heteroatoms. The highest BCUT2D eigenvalue weighted by Crippen LogP contribution is 2.31. The van der Waals surface area contributed by atoms with Gasteiger partial charge in [0.2, 0.25) is 5.91 Å². The van der Waals surface area contributed by atoms with Crippen LogP contribution in [-0.2, 0) is 17.9 Å². The van der Waals surface area contributed by atoms with Gasteiger partial charge in [-0.15, -0.1) is 12.4 Å². The van der Waals surface area contributed by atoms with Crippen molar-refractivity contribution in [1.82, 2.24) is 5.32 Å². The molecule has 4 N–H and O–H groups in total. The lowest BCUT2D eigenvalue weighted by Gasteiger charge is -2.37. The maximum atomic E-state index is 12.3. The number of hydrogen-bond donors (Lipinski definition) is 3. The van der Waals surface area contributed by atoms with Gasteiger partial charge in [0, 0.05) is 12.1 Å². The summed E-state index contributed by atoms with van der Waals surface area (Å²) < 4.78 is 0. The summed E-state index contributed by atoms with van der Waals surface area (Å²) in [5, 5.41) is 12.1. The normalized spacial score (nSPS) is 25.0. The van der Waals surface area contributed by atoms with Crippen LogP contribution >= 0.6 is 12.4 Å². The van der Waals surface area contributed by atoms with E-state index in [2.05, 4.69) is 5.32 Å². The molecule has 2 unspecified atom stereocenters. The average molecular weight is 313 g/mol. The minimum absolute atomic E-state index is 0. The SMILES string of the molecule is CC1(N)CCCCC1C(=O)NCc1cccc(CO)c1.Cl. The van der Waals surface area contributed by atoms with Crippen LogP contribution in [0.2, 0.25) is 0 Å². The van der Waals surface area contributed by atoms with Gasteiger partial charge in [-0.3, -0.25) is 4.79 Å². The number of nitrogens with one attached hydrogen (secondary N) is 1. The van der Waals surface area contributed by atoms with Crippen LogP contribution in [0.4, 0.5) is 0 Å². The van der Waals surface area contributed by atoms with Crippen molar-refractivity contribution >= 4 is 18.3 Å². The number of rotatable bonds is 4. The maximum absolute atomic E-state index is 12.3. The third kappa shape index (κ3) is 4.70. The molecule has 1 aromatic rings. The molecule has 2 atom stereocenters. The van der Waals surface area contributed by atoms with Gasteiger partial charge in [-0.05, 0) is 30.9 Å². The lowest BCUT2D eigenvalue weighted by Crippen LogP contribution is -2.52. The van der Waals surface area contributed by atoms with Crippen molar-refractivity contribution in [3.8, 4) is 0 Å². The number of aliphatic hydroxyl groups excluding tert-OH is 1. The van der Waals surface area contributed by atoms with E-state index in [0.717, 1.165) is 36.8 Å². The van der Waals surface area contributed by atoms with Crippen LogP contribution in [-0.4, -0.2) is 16.6 Å². The number of halogens is 1. The predicted octanol–water partition coefficient (Wildman–Crippen LogP) is 2.12. The van der Waals surface area contributed by atoms with Crippen molar-refractivity contribution in [2.75, 3.05) is 0 Å². The Labute approximate surface area is 132 Å². The summed E-state index contributed by atoms with van der Waals surface area (Å²) >= 11 is 0. The Balaban J connectivity index is 0.00000220. The highest BCUT2D eigenvalue weighted by molar-refractivity contribution is 5.85. The van der Waals surface area contributed by atoms with Gasteiger partial charge in [-0.2, -0.15) is 0 Å². The quantitative estimate of drug-likeness (QED) is 0.797. The second-order valence-corrected chi connectivity index (χ2v) is 6.00. The summed E-state index contributed by atoms with van der Waals surface area (Å²) in [5.41, 5.74) is 7.71. The van der Waals surface area contributed by atoms with E-state index in [9.17, 15) is 4.79 Å². The number of benzene rings is 1. The van der Waals surface area contributed by atoms with Crippen molar-refractivity contribution in [3.63, 3.8) is 0 Å². The lowest BCUT2D eigenvalue weighted by atomic mass is 9.74. The van der Waals surface area contributed by atoms with Crippen LogP contribution in [0.5, 0.6) is 0 Å². The number of aliphatic hydroxyl groups is 1. The molecule has 2 rings (SSSR count). The Morgan fingerprint density at radius 3 is 2.81 bits per heavy atom. The van der Waals surface area contributed by atoms with Crippen molar-refractivity contribution < 1.29 is 9.90 Å². The molecule has 0 aliphatic heterocycles. The smallest absolute Gasteiger partial charge is 0.225 e. The fourth-order valence-corrected chi connectivity index (χ4v) is 2.94. The standard InChI is InChI=1S/C16H24N2O2.ClH/c1-16(17)8-3-2-7-14(16)15(20)18-10-12-5-4-6-13(9-12)11-19;/h4-6,9,14,19H,2-3,7-8,10-11,17H2,1H3,(H,18,20);1H. The van der Waals surface area contributed by atoms with E-state index in [0.29, 0.717) is 6.54 Å². The van der Waals surface area contributed by atoms with Crippen LogP contribution in [0.15, 0.2) is 24.3 Å². The third-order valence-electron chi connectivity index (χ3n) is 4.21. The van der Waals surface area contributed by atoms with Crippen LogP contribution in [0.1, 0.15) is 43.7 Å². The van der Waals surface area contributed by atoms with Gasteiger partial charge in [-0.1, -0.05) is 37.1 Å². The number of amides is 1. The fourth-order valence-electron chi connectivity index (χ4n) is 2.94. The van der Waals surface area contributed by atoms with E-state index in [1.54, 1.807) is 0 Å². The summed E-state index contributed by atoms with van der Waals surface area (Å²) in [6.07, 6.45) is 3.96. The zero-order valence-corrected chi connectivity index (χ0v) is 13.3. The summed E-state index contributed by atoms with van der Waals surface area (Å²) in [6.45, 7) is 2.48. The van der Waals surface area contributed by atoms with E-state index in [1.807, 2.05) is 31.2 Å². The van der Waals surface area contributed by atoms with E-state index in [4.69, 9.17) is 10.8 Å². The van der Waals surface area contributed by atoms with Gasteiger partial charge in [0.05, 0.1) is 12.5 Å². The summed E-state index contributed by atoms with van der Waals surface area (Å²) in [7, 11) is 0. The fraction of sp³-hybridized carbons (Fsp3) is 0.562. The molecule has 0 radical (unpaired) electrons. The lowest BCUT2D eigenvalue weighted by molar-refractivity contribution is -0.128. The second-order valence-electron chi connectivity index (χ2n) is 6.00. The Morgan fingerprint density at radius 1 is 1.43 bits per heavy atom. The first kappa shape index (κ1) is 18.0. The Morgan fingerprint density at radius 2 is 2.14 bits per heavy atom. The molecular weight excluding hydrogens is 288 g/mol. The number of carbonyl (C=O) groups is 1. The van der Waals surface area contributed by atoms with Crippen LogP contribution in [0.25, 0.3) is 0 Å². The molecule has 1 aliphatic carbocycles. The van der Waals surface area contributed by atoms with Gasteiger partial charge in [0.15, 0.2) is 0 Å². The molecule has 1 amide bonds. The Kier molecular flexibility index (Phi) is 6.65. The first-order valence-corrected chi connectivity index (χ1v) is 7.28. The summed E-state index contributed by atoms with van der Waals surface area (Å²) in [4.78, 5) is 12.3. The molecule has 21 heavy (non-hydrogen) atoms. The number of hydrogen-bond acceptors (Lipinski definition) is 3. The first-order chi connectivity index (χ1) is 9.53. The van der Waals surface area contributed by atoms with Gasteiger partial charge < -0.3 is 16.2 Å². The average Bonchev–Trinajstić information content (AvgIpc) is 2.44. The van der Waals surface area contributed by atoms with Crippen molar-refractivity contribution in [1.29, 1.82) is 0 Å².